The SMILES string of the molecule is CN1CCC(Oc2ccc(NC(=O)CCc3cccc4ccccc34)cc2)CC1. The van der Waals surface area contributed by atoms with Crippen molar-refractivity contribution in [2.45, 2.75) is 31.8 Å². The van der Waals surface area contributed by atoms with Crippen LogP contribution in [0.15, 0.2) is 66.7 Å². The van der Waals surface area contributed by atoms with Gasteiger partial charge >= 0.3 is 0 Å². The van der Waals surface area contributed by atoms with Crippen molar-refractivity contribution in [3.63, 3.8) is 0 Å². The third-order valence-corrected chi connectivity index (χ3v) is 5.61. The molecule has 0 aromatic heterocycles. The maximum absolute atomic E-state index is 12.4. The van der Waals surface area contributed by atoms with Gasteiger partial charge in [0.2, 0.25) is 5.91 Å². The number of amides is 1. The van der Waals surface area contributed by atoms with Crippen LogP contribution in [0.1, 0.15) is 24.8 Å². The van der Waals surface area contributed by atoms with E-state index in [2.05, 4.69) is 47.6 Å². The van der Waals surface area contributed by atoms with Crippen LogP contribution in [-0.4, -0.2) is 37.0 Å². The van der Waals surface area contributed by atoms with Crippen LogP contribution in [-0.2, 0) is 11.2 Å². The maximum atomic E-state index is 12.4. The summed E-state index contributed by atoms with van der Waals surface area (Å²) < 4.78 is 6.07. The molecule has 1 amide bonds. The fraction of sp³-hybridized carbons (Fsp3) is 0.320. The van der Waals surface area contributed by atoms with Gasteiger partial charge in [0.25, 0.3) is 0 Å². The minimum absolute atomic E-state index is 0.0296. The number of hydrogen-bond donors (Lipinski definition) is 1. The molecule has 3 aromatic carbocycles. The monoisotopic (exact) mass is 388 g/mol. The van der Waals surface area contributed by atoms with Crippen LogP contribution >= 0.6 is 0 Å². The summed E-state index contributed by atoms with van der Waals surface area (Å²) >= 11 is 0. The summed E-state index contributed by atoms with van der Waals surface area (Å²) in [5, 5.41) is 5.43. The van der Waals surface area contributed by atoms with Crippen LogP contribution in [0.3, 0.4) is 0 Å². The second kappa shape index (κ2) is 9.10. The zero-order valence-corrected chi connectivity index (χ0v) is 16.9. The molecule has 1 N–H and O–H groups in total. The van der Waals surface area contributed by atoms with E-state index in [1.54, 1.807) is 0 Å². The molecule has 29 heavy (non-hydrogen) atoms. The fourth-order valence-corrected chi connectivity index (χ4v) is 3.89. The number of carbonyl (C=O) groups excluding carboxylic acids is 1. The molecule has 1 saturated heterocycles. The first-order valence-electron chi connectivity index (χ1n) is 10.4. The largest absolute Gasteiger partial charge is 0.490 e. The van der Waals surface area contributed by atoms with Gasteiger partial charge in [-0.1, -0.05) is 42.5 Å². The van der Waals surface area contributed by atoms with Crippen LogP contribution in [0.2, 0.25) is 0 Å². The Morgan fingerprint density at radius 3 is 2.52 bits per heavy atom. The van der Waals surface area contributed by atoms with Crippen LogP contribution < -0.4 is 10.1 Å². The molecule has 0 bridgehead atoms. The highest BCUT2D eigenvalue weighted by molar-refractivity contribution is 5.91. The number of ether oxygens (including phenoxy) is 1. The van der Waals surface area contributed by atoms with Gasteiger partial charge in [-0.2, -0.15) is 0 Å². The summed E-state index contributed by atoms with van der Waals surface area (Å²) in [6, 6.07) is 22.3. The lowest BCUT2D eigenvalue weighted by atomic mass is 10.0. The molecule has 1 fully saturated rings. The lowest BCUT2D eigenvalue weighted by molar-refractivity contribution is -0.116. The molecule has 4 rings (SSSR count). The Bertz CT molecular complexity index is 955. The van der Waals surface area contributed by atoms with Crippen molar-refractivity contribution in [2.24, 2.45) is 0 Å². The molecule has 1 aliphatic rings. The molecule has 0 unspecified atom stereocenters. The van der Waals surface area contributed by atoms with Crippen LogP contribution in [0.4, 0.5) is 5.69 Å². The van der Waals surface area contributed by atoms with Crippen molar-refractivity contribution in [1.29, 1.82) is 0 Å². The fourth-order valence-electron chi connectivity index (χ4n) is 3.89. The van der Waals surface area contributed by atoms with Gasteiger partial charge in [0.1, 0.15) is 11.9 Å². The second-order valence-corrected chi connectivity index (χ2v) is 7.83. The molecule has 4 heteroatoms. The van der Waals surface area contributed by atoms with Gasteiger partial charge in [0, 0.05) is 25.2 Å². The summed E-state index contributed by atoms with van der Waals surface area (Å²) in [6.07, 6.45) is 3.59. The number of aryl methyl sites for hydroxylation is 1. The number of likely N-dealkylation sites (tertiary alicyclic amines) is 1. The topological polar surface area (TPSA) is 41.6 Å². The Morgan fingerprint density at radius 1 is 1.00 bits per heavy atom. The summed E-state index contributed by atoms with van der Waals surface area (Å²) in [5.41, 5.74) is 2.02. The summed E-state index contributed by atoms with van der Waals surface area (Å²) in [6.45, 7) is 2.16. The molecule has 4 nitrogen and oxygen atoms in total. The molecular weight excluding hydrogens is 360 g/mol. The van der Waals surface area contributed by atoms with Gasteiger partial charge in [-0.15, -0.1) is 0 Å². The van der Waals surface area contributed by atoms with E-state index >= 15 is 0 Å². The summed E-state index contributed by atoms with van der Waals surface area (Å²) in [5.74, 6) is 0.898. The van der Waals surface area contributed by atoms with E-state index in [0.29, 0.717) is 6.42 Å². The Morgan fingerprint density at radius 2 is 1.72 bits per heavy atom. The van der Waals surface area contributed by atoms with Crippen molar-refractivity contribution in [3.8, 4) is 5.75 Å². The molecule has 0 aliphatic carbocycles. The summed E-state index contributed by atoms with van der Waals surface area (Å²) in [7, 11) is 2.15. The quantitative estimate of drug-likeness (QED) is 0.654. The van der Waals surface area contributed by atoms with Crippen molar-refractivity contribution < 1.29 is 9.53 Å². The van der Waals surface area contributed by atoms with Crippen LogP contribution in [0.5, 0.6) is 5.75 Å². The highest BCUT2D eigenvalue weighted by atomic mass is 16.5. The molecule has 3 aromatic rings. The maximum Gasteiger partial charge on any atom is 0.224 e. The molecule has 0 atom stereocenters. The molecule has 150 valence electrons. The zero-order chi connectivity index (χ0) is 20.1. The zero-order valence-electron chi connectivity index (χ0n) is 16.9. The number of piperidine rings is 1. The standard InChI is InChI=1S/C25H28N2O2/c1-27-17-15-23(16-18-27)29-22-12-10-21(11-13-22)26-25(28)14-9-20-7-4-6-19-5-2-3-8-24(19)20/h2-8,10-13,23H,9,14-18H2,1H3,(H,26,28). The third-order valence-electron chi connectivity index (χ3n) is 5.61. The van der Waals surface area contributed by atoms with Crippen molar-refractivity contribution >= 4 is 22.4 Å². The first kappa shape index (κ1) is 19.5. The van der Waals surface area contributed by atoms with Crippen molar-refractivity contribution in [3.05, 3.63) is 72.3 Å². The third kappa shape index (κ3) is 5.15. The highest BCUT2D eigenvalue weighted by Gasteiger charge is 2.17. The number of fused-ring (bicyclic) bond motifs is 1. The van der Waals surface area contributed by atoms with Crippen LogP contribution in [0, 0.1) is 0 Å². The smallest absolute Gasteiger partial charge is 0.224 e. The molecular formula is C25H28N2O2. The van der Waals surface area contributed by atoms with Gasteiger partial charge < -0.3 is 15.0 Å². The van der Waals surface area contributed by atoms with Gasteiger partial charge in [0.05, 0.1) is 0 Å². The number of nitrogens with one attached hydrogen (secondary N) is 1. The number of carbonyl (C=O) groups is 1. The highest BCUT2D eigenvalue weighted by Crippen LogP contribution is 2.22. The summed E-state index contributed by atoms with van der Waals surface area (Å²) in [4.78, 5) is 14.7. The average molecular weight is 389 g/mol. The lowest BCUT2D eigenvalue weighted by Gasteiger charge is -2.29. The van der Waals surface area contributed by atoms with Gasteiger partial charge in [-0.05, 0) is 66.9 Å². The number of nitrogens with zero attached hydrogens (tertiary/aromatic N) is 1. The average Bonchev–Trinajstić information content (AvgIpc) is 2.75. The van der Waals surface area contributed by atoms with E-state index in [-0.39, 0.29) is 12.0 Å². The first-order valence-corrected chi connectivity index (χ1v) is 10.4. The van der Waals surface area contributed by atoms with E-state index in [4.69, 9.17) is 4.74 Å². The Labute approximate surface area is 172 Å². The van der Waals surface area contributed by atoms with E-state index in [1.807, 2.05) is 36.4 Å². The first-order chi connectivity index (χ1) is 14.2. The second-order valence-electron chi connectivity index (χ2n) is 7.83. The minimum atomic E-state index is 0.0296. The Balaban J connectivity index is 1.29. The molecule has 0 spiro atoms. The number of anilines is 1. The van der Waals surface area contributed by atoms with Crippen LogP contribution in [0.25, 0.3) is 10.8 Å². The van der Waals surface area contributed by atoms with Crippen molar-refractivity contribution in [1.82, 2.24) is 4.90 Å². The number of benzene rings is 3. The predicted octanol–water partition coefficient (Wildman–Crippen LogP) is 4.88. The van der Waals surface area contributed by atoms with Gasteiger partial charge in [-0.3, -0.25) is 4.79 Å². The molecule has 0 saturated carbocycles. The molecule has 1 aliphatic heterocycles. The van der Waals surface area contributed by atoms with Crippen molar-refractivity contribution in [2.75, 3.05) is 25.5 Å². The lowest BCUT2D eigenvalue weighted by Crippen LogP contribution is -2.35. The van der Waals surface area contributed by atoms with Gasteiger partial charge in [0.15, 0.2) is 0 Å². The Kier molecular flexibility index (Phi) is 6.11. The van der Waals surface area contributed by atoms with E-state index in [1.165, 1.54) is 16.3 Å². The van der Waals surface area contributed by atoms with E-state index < -0.39 is 0 Å². The molecule has 0 radical (unpaired) electrons. The number of rotatable bonds is 6. The Hall–Kier alpha value is -2.85. The normalized spacial score (nSPS) is 15.3. The number of hydrogen-bond acceptors (Lipinski definition) is 3. The van der Waals surface area contributed by atoms with Gasteiger partial charge in [-0.25, -0.2) is 0 Å². The minimum Gasteiger partial charge on any atom is -0.490 e. The van der Waals surface area contributed by atoms with E-state index in [0.717, 1.165) is 43.8 Å². The predicted molar refractivity (Wildman–Crippen MR) is 118 cm³/mol. The van der Waals surface area contributed by atoms with E-state index in [9.17, 15) is 4.79 Å². The molecule has 1 heterocycles.